The van der Waals surface area contributed by atoms with Crippen LogP contribution in [0.2, 0.25) is 0 Å². The van der Waals surface area contributed by atoms with E-state index in [1.807, 2.05) is 0 Å². The molecule has 0 radical (unpaired) electrons. The van der Waals surface area contributed by atoms with Crippen molar-refractivity contribution in [3.05, 3.63) is 0 Å². The molecule has 0 amide bonds. The van der Waals surface area contributed by atoms with Crippen LogP contribution in [0.1, 0.15) is 0 Å². The minimum absolute atomic E-state index is 0.236. The van der Waals surface area contributed by atoms with Gasteiger partial charge in [-0.15, -0.1) is 0 Å². The molecule has 2 fully saturated rings. The van der Waals surface area contributed by atoms with Crippen LogP contribution in [0.3, 0.4) is 0 Å². The highest BCUT2D eigenvalue weighted by atomic mass is 16.7. The predicted molar refractivity (Wildman–Crippen MR) is 32.6 cm³/mol. The molecule has 5 nitrogen and oxygen atoms in total. The average molecular weight is 162 g/mol. The Morgan fingerprint density at radius 2 is 1.82 bits per heavy atom. The van der Waals surface area contributed by atoms with Crippen LogP contribution < -0.4 is 0 Å². The van der Waals surface area contributed by atoms with E-state index < -0.39 is 30.7 Å². The van der Waals surface area contributed by atoms with Crippen molar-refractivity contribution in [2.45, 2.75) is 30.7 Å². The van der Waals surface area contributed by atoms with Gasteiger partial charge in [-0.3, -0.25) is 0 Å². The van der Waals surface area contributed by atoms with Crippen molar-refractivity contribution in [1.82, 2.24) is 0 Å². The Balaban J connectivity index is 2.16. The van der Waals surface area contributed by atoms with Crippen LogP contribution in [-0.4, -0.2) is 52.6 Å². The van der Waals surface area contributed by atoms with Crippen LogP contribution in [0.5, 0.6) is 0 Å². The van der Waals surface area contributed by atoms with E-state index in [2.05, 4.69) is 0 Å². The van der Waals surface area contributed by atoms with Gasteiger partial charge in [-0.1, -0.05) is 0 Å². The third kappa shape index (κ3) is 0.969. The van der Waals surface area contributed by atoms with Crippen LogP contribution in [-0.2, 0) is 9.47 Å². The van der Waals surface area contributed by atoms with Crippen LogP contribution in [0, 0.1) is 0 Å². The SMILES string of the molecule is OC1O[C@@H]2CO[C@@H]([C@H]2O)[C@H]1O. The Morgan fingerprint density at radius 1 is 1.09 bits per heavy atom. The second-order valence-electron chi connectivity index (χ2n) is 2.84. The standard InChI is InChI=1S/C6H10O5/c7-3-2-1-10-5(3)4(8)6(9)11-2/h2-9H,1H2/t2-,3+,4-,5+,6?/m1/s1. The molecule has 3 N–H and O–H groups in total. The summed E-state index contributed by atoms with van der Waals surface area (Å²) in [6, 6.07) is 0. The average Bonchev–Trinajstić information content (AvgIpc) is 2.23. The van der Waals surface area contributed by atoms with E-state index in [0.717, 1.165) is 0 Å². The maximum Gasteiger partial charge on any atom is 0.184 e. The Bertz CT molecular complexity index is 161. The van der Waals surface area contributed by atoms with Crippen molar-refractivity contribution in [2.75, 3.05) is 6.61 Å². The van der Waals surface area contributed by atoms with E-state index in [9.17, 15) is 10.2 Å². The molecule has 1 unspecified atom stereocenters. The third-order valence-corrected chi connectivity index (χ3v) is 2.11. The van der Waals surface area contributed by atoms with Crippen molar-refractivity contribution in [2.24, 2.45) is 0 Å². The van der Waals surface area contributed by atoms with E-state index in [-0.39, 0.29) is 6.61 Å². The van der Waals surface area contributed by atoms with Gasteiger partial charge in [0.25, 0.3) is 0 Å². The summed E-state index contributed by atoms with van der Waals surface area (Å²) in [5.74, 6) is 0. The zero-order valence-corrected chi connectivity index (χ0v) is 5.75. The molecule has 2 bridgehead atoms. The smallest absolute Gasteiger partial charge is 0.184 e. The molecule has 0 aliphatic carbocycles. The highest BCUT2D eigenvalue weighted by Crippen LogP contribution is 2.28. The molecule has 2 rings (SSSR count). The molecule has 11 heavy (non-hydrogen) atoms. The summed E-state index contributed by atoms with van der Waals surface area (Å²) in [5, 5.41) is 27.5. The maximum atomic E-state index is 9.28. The van der Waals surface area contributed by atoms with E-state index in [0.29, 0.717) is 0 Å². The lowest BCUT2D eigenvalue weighted by Crippen LogP contribution is -2.52. The summed E-state index contributed by atoms with van der Waals surface area (Å²) in [6.45, 7) is 0.236. The number of aliphatic hydroxyl groups is 3. The second-order valence-corrected chi connectivity index (χ2v) is 2.84. The van der Waals surface area contributed by atoms with Gasteiger partial charge in [0.05, 0.1) is 6.61 Å². The lowest BCUT2D eigenvalue weighted by atomic mass is 10.0. The first-order chi connectivity index (χ1) is 5.20. The van der Waals surface area contributed by atoms with Gasteiger partial charge in [0.15, 0.2) is 6.29 Å². The van der Waals surface area contributed by atoms with Crippen LogP contribution >= 0.6 is 0 Å². The minimum Gasteiger partial charge on any atom is -0.387 e. The van der Waals surface area contributed by atoms with Gasteiger partial charge < -0.3 is 24.8 Å². The summed E-state index contributed by atoms with van der Waals surface area (Å²) in [5.41, 5.74) is 0. The van der Waals surface area contributed by atoms with Crippen molar-refractivity contribution in [3.63, 3.8) is 0 Å². The number of hydrogen-bond donors (Lipinski definition) is 3. The molecule has 2 heterocycles. The van der Waals surface area contributed by atoms with Gasteiger partial charge in [-0.2, -0.15) is 0 Å². The van der Waals surface area contributed by atoms with Crippen LogP contribution in [0.4, 0.5) is 0 Å². The molecule has 0 aromatic heterocycles. The van der Waals surface area contributed by atoms with Gasteiger partial charge >= 0.3 is 0 Å². The van der Waals surface area contributed by atoms with Gasteiger partial charge in [-0.05, 0) is 0 Å². The molecule has 5 heteroatoms. The van der Waals surface area contributed by atoms with Gasteiger partial charge in [0.2, 0.25) is 0 Å². The minimum atomic E-state index is -1.23. The fraction of sp³-hybridized carbons (Fsp3) is 1.00. The Morgan fingerprint density at radius 3 is 2.55 bits per heavy atom. The molecular formula is C6H10O5. The molecule has 2 aliphatic heterocycles. The Labute approximate surface area is 63.2 Å². The Kier molecular flexibility index (Phi) is 1.62. The summed E-state index contributed by atoms with van der Waals surface area (Å²) >= 11 is 0. The number of rotatable bonds is 0. The molecule has 0 aromatic rings. The summed E-state index contributed by atoms with van der Waals surface area (Å²) < 4.78 is 9.82. The van der Waals surface area contributed by atoms with Crippen LogP contribution in [0.25, 0.3) is 0 Å². The summed E-state index contributed by atoms with van der Waals surface area (Å²) in [6.07, 6.45) is -4.35. The number of aliphatic hydroxyl groups excluding tert-OH is 3. The predicted octanol–water partition coefficient (Wildman–Crippen LogP) is -2.18. The first kappa shape index (κ1) is 7.45. The Hall–Kier alpha value is -0.200. The molecule has 2 aliphatic rings. The molecule has 0 saturated carbocycles. The van der Waals surface area contributed by atoms with E-state index in [1.165, 1.54) is 0 Å². The normalized spacial score (nSPS) is 56.5. The number of hydrogen-bond acceptors (Lipinski definition) is 5. The van der Waals surface area contributed by atoms with Crippen molar-refractivity contribution in [3.8, 4) is 0 Å². The van der Waals surface area contributed by atoms with Gasteiger partial charge in [0.1, 0.15) is 24.4 Å². The van der Waals surface area contributed by atoms with Gasteiger partial charge in [-0.25, -0.2) is 0 Å². The first-order valence-electron chi connectivity index (χ1n) is 3.51. The van der Waals surface area contributed by atoms with Crippen LogP contribution in [0.15, 0.2) is 0 Å². The fourth-order valence-corrected chi connectivity index (χ4v) is 1.46. The number of fused-ring (bicyclic) bond motifs is 2. The molecule has 0 spiro atoms. The van der Waals surface area contributed by atoms with E-state index >= 15 is 0 Å². The summed E-state index contributed by atoms with van der Waals surface area (Å²) in [7, 11) is 0. The van der Waals surface area contributed by atoms with Crippen molar-refractivity contribution < 1.29 is 24.8 Å². The fourth-order valence-electron chi connectivity index (χ4n) is 1.46. The monoisotopic (exact) mass is 162 g/mol. The molecule has 0 aromatic carbocycles. The largest absolute Gasteiger partial charge is 0.387 e. The first-order valence-corrected chi connectivity index (χ1v) is 3.51. The second kappa shape index (κ2) is 2.40. The van der Waals surface area contributed by atoms with Crippen molar-refractivity contribution >= 4 is 0 Å². The highest BCUT2D eigenvalue weighted by molar-refractivity contribution is 4.94. The van der Waals surface area contributed by atoms with E-state index in [1.54, 1.807) is 0 Å². The zero-order chi connectivity index (χ0) is 8.01. The van der Waals surface area contributed by atoms with E-state index in [4.69, 9.17) is 14.6 Å². The lowest BCUT2D eigenvalue weighted by molar-refractivity contribution is -0.242. The lowest BCUT2D eigenvalue weighted by Gasteiger charge is -2.31. The quantitative estimate of drug-likeness (QED) is 0.377. The van der Waals surface area contributed by atoms with Crippen molar-refractivity contribution in [1.29, 1.82) is 0 Å². The maximum absolute atomic E-state index is 9.28. The zero-order valence-electron chi connectivity index (χ0n) is 5.75. The number of ether oxygens (including phenoxy) is 2. The van der Waals surface area contributed by atoms with Gasteiger partial charge in [0, 0.05) is 0 Å². The summed E-state index contributed by atoms with van der Waals surface area (Å²) in [4.78, 5) is 0. The third-order valence-electron chi connectivity index (χ3n) is 2.11. The molecular weight excluding hydrogens is 152 g/mol. The highest BCUT2D eigenvalue weighted by Gasteiger charge is 2.49. The topological polar surface area (TPSA) is 79.2 Å². The molecule has 5 atom stereocenters. The molecule has 2 saturated heterocycles. The molecule has 64 valence electrons.